The molecule has 3 aliphatic rings. The Morgan fingerprint density at radius 2 is 1.81 bits per heavy atom. The Morgan fingerprint density at radius 1 is 1.00 bits per heavy atom. The number of hydrogen-bond donors (Lipinski definition) is 2. The van der Waals surface area contributed by atoms with Crippen LogP contribution in [0.3, 0.4) is 0 Å². The number of fused-ring (bicyclic) bond motifs is 1. The highest BCUT2D eigenvalue weighted by atomic mass is 16.1. The van der Waals surface area contributed by atoms with Crippen molar-refractivity contribution in [2.75, 3.05) is 13.1 Å². The van der Waals surface area contributed by atoms with Crippen LogP contribution in [0.4, 0.5) is 0 Å². The molecule has 2 aromatic carbocycles. The third-order valence-electron chi connectivity index (χ3n) is 10.2. The van der Waals surface area contributed by atoms with Crippen molar-refractivity contribution < 1.29 is 4.79 Å². The minimum Gasteiger partial charge on any atom is -0.347 e. The van der Waals surface area contributed by atoms with Gasteiger partial charge in [0.1, 0.15) is 5.78 Å². The van der Waals surface area contributed by atoms with Gasteiger partial charge >= 0.3 is 0 Å². The fraction of sp³-hybridized carbons (Fsp3) is 0.553. The molecule has 1 aliphatic heterocycles. The second-order valence-electron chi connectivity index (χ2n) is 13.4. The summed E-state index contributed by atoms with van der Waals surface area (Å²) in [5, 5.41) is 4.79. The van der Waals surface area contributed by atoms with Crippen LogP contribution in [0.25, 0.3) is 16.5 Å². The summed E-state index contributed by atoms with van der Waals surface area (Å²) in [5.74, 6) is 1.71. The van der Waals surface area contributed by atoms with Crippen molar-refractivity contribution in [3.05, 3.63) is 77.0 Å². The van der Waals surface area contributed by atoms with Gasteiger partial charge in [-0.2, -0.15) is 0 Å². The first kappa shape index (κ1) is 30.8. The normalized spacial score (nSPS) is 22.4. The second kappa shape index (κ2) is 14.2. The van der Waals surface area contributed by atoms with Crippen LogP contribution in [0.15, 0.2) is 54.7 Å². The zero-order valence-corrected chi connectivity index (χ0v) is 25.0. The van der Waals surface area contributed by atoms with Crippen LogP contribution in [0, 0.1) is 18.8 Å². The van der Waals surface area contributed by atoms with Gasteiger partial charge in [-0.25, -0.2) is 0 Å². The highest BCUT2D eigenvalue weighted by Crippen LogP contribution is 2.39. The Labute approximate surface area is 254 Å². The first-order valence-corrected chi connectivity index (χ1v) is 16.4. The van der Waals surface area contributed by atoms with Crippen LogP contribution in [-0.4, -0.2) is 29.5 Å². The van der Waals surface area contributed by atoms with E-state index in [4.69, 9.17) is 5.73 Å². The zero-order valence-electron chi connectivity index (χ0n) is 25.0. The number of nitrogens with zero attached hydrogens (tertiary/aromatic N) is 1. The number of aromatic nitrogens is 1. The topological polar surface area (TPSA) is 60.1 Å². The van der Waals surface area contributed by atoms with Crippen molar-refractivity contribution in [2.24, 2.45) is 17.6 Å². The number of benzene rings is 2. The quantitative estimate of drug-likeness (QED) is 0.272. The standard InChI is InChI=1S/C37H49N3O.CH4/c1-26-6-5-9-31(20-26)34(23-33(41)21-27-10-13-32(38)14-11-27)36-25-40(24-28-7-3-2-4-8-28)37-15-12-30(22-35(36)37)29-16-18-39-19-17-29;/h5-6,9,12,15-16,20,22,25,27-28,32,34,39H,2-4,7-8,10-11,13-14,17-19,21,23-24,38H2,1H3;1H4. The molecule has 0 saturated heterocycles. The largest absolute Gasteiger partial charge is 0.347 e. The molecule has 0 bridgehead atoms. The lowest BCUT2D eigenvalue weighted by Gasteiger charge is -2.26. The molecule has 6 rings (SSSR count). The lowest BCUT2D eigenvalue weighted by molar-refractivity contribution is -0.120. The number of aryl methyl sites for hydroxylation is 1. The van der Waals surface area contributed by atoms with E-state index < -0.39 is 0 Å². The van der Waals surface area contributed by atoms with Crippen LogP contribution in [0.5, 0.6) is 0 Å². The number of ketones is 1. The summed E-state index contributed by atoms with van der Waals surface area (Å²) >= 11 is 0. The number of rotatable bonds is 9. The van der Waals surface area contributed by atoms with E-state index in [1.165, 1.54) is 70.8 Å². The Kier molecular flexibility index (Phi) is 10.4. The minimum atomic E-state index is 0. The molecule has 0 spiro atoms. The highest BCUT2D eigenvalue weighted by molar-refractivity contribution is 5.90. The molecule has 226 valence electrons. The SMILES string of the molecule is C.Cc1cccc(C(CC(=O)CC2CCC(N)CC2)c2cn(CC3CCCCC3)c3ccc(C4=CCNCC4)cc23)c1. The molecular formula is C38H53N3O. The number of hydrogen-bond acceptors (Lipinski definition) is 3. The van der Waals surface area contributed by atoms with E-state index in [9.17, 15) is 4.79 Å². The molecule has 0 radical (unpaired) electrons. The van der Waals surface area contributed by atoms with Crippen LogP contribution in [0.2, 0.25) is 0 Å². The fourth-order valence-electron chi connectivity index (χ4n) is 7.81. The van der Waals surface area contributed by atoms with Gasteiger partial charge in [0.05, 0.1) is 0 Å². The lowest BCUT2D eigenvalue weighted by atomic mass is 9.80. The molecule has 3 N–H and O–H groups in total. The molecule has 1 unspecified atom stereocenters. The van der Waals surface area contributed by atoms with Crippen LogP contribution in [0.1, 0.15) is 113 Å². The van der Waals surface area contributed by atoms with E-state index in [0.29, 0.717) is 30.6 Å². The first-order valence-electron chi connectivity index (χ1n) is 16.4. The Hall–Kier alpha value is -2.69. The van der Waals surface area contributed by atoms with E-state index >= 15 is 0 Å². The zero-order chi connectivity index (χ0) is 28.2. The molecule has 42 heavy (non-hydrogen) atoms. The molecule has 4 heteroatoms. The summed E-state index contributed by atoms with van der Waals surface area (Å²) in [6.45, 7) is 5.22. The maximum Gasteiger partial charge on any atom is 0.134 e. The second-order valence-corrected chi connectivity index (χ2v) is 13.4. The number of nitrogens with one attached hydrogen (secondary N) is 1. The summed E-state index contributed by atoms with van der Waals surface area (Å²) in [6, 6.07) is 16.3. The van der Waals surface area contributed by atoms with Gasteiger partial charge in [-0.15, -0.1) is 0 Å². The van der Waals surface area contributed by atoms with Crippen molar-refractivity contribution in [2.45, 2.75) is 110 Å². The molecule has 2 heterocycles. The average Bonchev–Trinajstić information content (AvgIpc) is 3.35. The van der Waals surface area contributed by atoms with Gasteiger partial charge in [-0.1, -0.05) is 68.7 Å². The molecule has 0 amide bonds. The summed E-state index contributed by atoms with van der Waals surface area (Å²) in [7, 11) is 0. The maximum absolute atomic E-state index is 13.8. The molecule has 3 aromatic rings. The number of carbonyl (C=O) groups is 1. The van der Waals surface area contributed by atoms with E-state index in [0.717, 1.165) is 57.7 Å². The first-order chi connectivity index (χ1) is 20.0. The predicted molar refractivity (Wildman–Crippen MR) is 178 cm³/mol. The van der Waals surface area contributed by atoms with Gasteiger partial charge < -0.3 is 15.6 Å². The number of nitrogens with two attached hydrogens (primary N) is 1. The van der Waals surface area contributed by atoms with Crippen molar-refractivity contribution in [1.82, 2.24) is 9.88 Å². The molecule has 1 atom stereocenters. The fourth-order valence-corrected chi connectivity index (χ4v) is 7.81. The van der Waals surface area contributed by atoms with Crippen LogP contribution >= 0.6 is 0 Å². The van der Waals surface area contributed by atoms with Gasteiger partial charge in [0, 0.05) is 55.0 Å². The highest BCUT2D eigenvalue weighted by Gasteiger charge is 2.27. The van der Waals surface area contributed by atoms with E-state index in [-0.39, 0.29) is 13.3 Å². The summed E-state index contributed by atoms with van der Waals surface area (Å²) in [5.41, 5.74) is 14.1. The van der Waals surface area contributed by atoms with Gasteiger partial charge in [-0.05, 0) is 105 Å². The summed E-state index contributed by atoms with van der Waals surface area (Å²) in [6.07, 6.45) is 18.2. The average molecular weight is 568 g/mol. The molecule has 4 nitrogen and oxygen atoms in total. The third kappa shape index (κ3) is 7.26. The lowest BCUT2D eigenvalue weighted by Crippen LogP contribution is -2.27. The maximum atomic E-state index is 13.8. The summed E-state index contributed by atoms with van der Waals surface area (Å²) in [4.78, 5) is 13.8. The van der Waals surface area contributed by atoms with Crippen LogP contribution in [-0.2, 0) is 11.3 Å². The van der Waals surface area contributed by atoms with Gasteiger partial charge in [-0.3, -0.25) is 4.79 Å². The van der Waals surface area contributed by atoms with Crippen molar-refractivity contribution in [1.29, 1.82) is 0 Å². The number of Topliss-reactive ketones (excluding diaryl/α,β-unsaturated/α-hetero) is 1. The molecule has 2 fully saturated rings. The Morgan fingerprint density at radius 3 is 2.55 bits per heavy atom. The van der Waals surface area contributed by atoms with Crippen molar-refractivity contribution in [3.63, 3.8) is 0 Å². The van der Waals surface area contributed by atoms with E-state index in [1.807, 2.05) is 0 Å². The van der Waals surface area contributed by atoms with Crippen LogP contribution < -0.4 is 11.1 Å². The molecule has 1 aromatic heterocycles. The third-order valence-corrected chi connectivity index (χ3v) is 10.2. The minimum absolute atomic E-state index is 0. The smallest absolute Gasteiger partial charge is 0.134 e. The molecular weight excluding hydrogens is 514 g/mol. The van der Waals surface area contributed by atoms with Gasteiger partial charge in [0.2, 0.25) is 0 Å². The summed E-state index contributed by atoms with van der Waals surface area (Å²) < 4.78 is 2.54. The number of carbonyl (C=O) groups excluding carboxylic acids is 1. The van der Waals surface area contributed by atoms with Gasteiger partial charge in [0.25, 0.3) is 0 Å². The molecule has 2 saturated carbocycles. The van der Waals surface area contributed by atoms with Crippen molar-refractivity contribution in [3.8, 4) is 0 Å². The van der Waals surface area contributed by atoms with E-state index in [2.05, 4.69) is 71.5 Å². The van der Waals surface area contributed by atoms with E-state index in [1.54, 1.807) is 0 Å². The monoisotopic (exact) mass is 567 g/mol. The predicted octanol–water partition coefficient (Wildman–Crippen LogP) is 8.54. The van der Waals surface area contributed by atoms with Crippen molar-refractivity contribution >= 4 is 22.3 Å². The molecule has 2 aliphatic carbocycles. The Bertz CT molecular complexity index is 1370. The Balaban J connectivity index is 0.00000353. The van der Waals surface area contributed by atoms with Gasteiger partial charge in [0.15, 0.2) is 0 Å².